The van der Waals surface area contributed by atoms with Crippen LogP contribution in [0.2, 0.25) is 0 Å². The lowest BCUT2D eigenvalue weighted by molar-refractivity contribution is 0.378. The van der Waals surface area contributed by atoms with E-state index in [4.69, 9.17) is 0 Å². The zero-order chi connectivity index (χ0) is 20.0. The van der Waals surface area contributed by atoms with Crippen LogP contribution in [0.15, 0.2) is 48.5 Å². The smallest absolute Gasteiger partial charge is 0.0274 e. The maximum Gasteiger partial charge on any atom is -0.0274 e. The Labute approximate surface area is 171 Å². The Morgan fingerprint density at radius 3 is 1.30 bits per heavy atom. The highest BCUT2D eigenvalue weighted by Gasteiger charge is 2.09. The molecule has 0 heterocycles. The Hall–Kier alpha value is -1.56. The molecule has 0 N–H and O–H groups in total. The van der Waals surface area contributed by atoms with E-state index in [2.05, 4.69) is 76.2 Å². The molecule has 0 saturated heterocycles. The van der Waals surface area contributed by atoms with Gasteiger partial charge in [0, 0.05) is 0 Å². The Morgan fingerprint density at radius 2 is 0.926 bits per heavy atom. The van der Waals surface area contributed by atoms with Gasteiger partial charge in [-0.25, -0.2) is 0 Å². The van der Waals surface area contributed by atoms with Gasteiger partial charge in [-0.1, -0.05) is 110 Å². The predicted molar refractivity (Wildman–Crippen MR) is 127 cm³/mol. The molecule has 0 spiro atoms. The number of rotatable bonds is 6. The van der Waals surface area contributed by atoms with Crippen molar-refractivity contribution in [1.82, 2.24) is 0 Å². The average molecular weight is 371 g/mol. The van der Waals surface area contributed by atoms with Crippen molar-refractivity contribution >= 4 is 0 Å². The van der Waals surface area contributed by atoms with Gasteiger partial charge in [-0.05, 0) is 61.1 Å². The first-order chi connectivity index (χ1) is 12.4. The fourth-order valence-corrected chi connectivity index (χ4v) is 2.64. The topological polar surface area (TPSA) is 0 Å². The SMILES string of the molecule is C.CC.CC.Cc1ccc(CCCc2ccc(CCC(C)(C)C)cc2)cc1. The summed E-state index contributed by atoms with van der Waals surface area (Å²) >= 11 is 0. The molecule has 0 aromatic heterocycles. The Bertz CT molecular complexity index is 552. The van der Waals surface area contributed by atoms with Gasteiger partial charge in [-0.3, -0.25) is 0 Å². The molecule has 0 amide bonds. The molecule has 2 rings (SSSR count). The van der Waals surface area contributed by atoms with E-state index in [1.165, 1.54) is 54.4 Å². The van der Waals surface area contributed by atoms with Crippen LogP contribution in [0.4, 0.5) is 0 Å². The molecule has 0 atom stereocenters. The molecule has 0 unspecified atom stereocenters. The average Bonchev–Trinajstić information content (AvgIpc) is 2.65. The van der Waals surface area contributed by atoms with Gasteiger partial charge in [0.05, 0.1) is 0 Å². The van der Waals surface area contributed by atoms with Crippen LogP contribution in [0.3, 0.4) is 0 Å². The predicted octanol–water partition coefficient (Wildman–Crippen LogP) is 8.84. The summed E-state index contributed by atoms with van der Waals surface area (Å²) in [7, 11) is 0. The third-order valence-electron chi connectivity index (χ3n) is 4.24. The minimum absolute atomic E-state index is 0. The van der Waals surface area contributed by atoms with E-state index in [-0.39, 0.29) is 7.43 Å². The molecule has 0 heteroatoms. The molecule has 2 aromatic carbocycles. The highest BCUT2D eigenvalue weighted by atomic mass is 14.1. The van der Waals surface area contributed by atoms with Gasteiger partial charge >= 0.3 is 0 Å². The lowest BCUT2D eigenvalue weighted by Crippen LogP contribution is -2.06. The maximum atomic E-state index is 2.31. The van der Waals surface area contributed by atoms with Crippen LogP contribution in [-0.4, -0.2) is 0 Å². The van der Waals surface area contributed by atoms with Crippen LogP contribution >= 0.6 is 0 Å². The zero-order valence-electron chi connectivity index (χ0n) is 18.7. The molecular weight excluding hydrogens is 324 g/mol. The van der Waals surface area contributed by atoms with Crippen molar-refractivity contribution in [2.75, 3.05) is 0 Å². The molecule has 27 heavy (non-hydrogen) atoms. The van der Waals surface area contributed by atoms with E-state index in [9.17, 15) is 0 Å². The van der Waals surface area contributed by atoms with Crippen LogP contribution in [0.25, 0.3) is 0 Å². The first kappa shape index (κ1) is 27.7. The van der Waals surface area contributed by atoms with Gasteiger partial charge in [0.1, 0.15) is 0 Å². The first-order valence-electron chi connectivity index (χ1n) is 10.6. The summed E-state index contributed by atoms with van der Waals surface area (Å²) in [5.74, 6) is 0. The summed E-state index contributed by atoms with van der Waals surface area (Å²) in [4.78, 5) is 0. The van der Waals surface area contributed by atoms with Crippen molar-refractivity contribution in [3.63, 3.8) is 0 Å². The molecular formula is C27H46. The molecule has 0 saturated carbocycles. The molecule has 0 nitrogen and oxygen atoms in total. The number of hydrogen-bond donors (Lipinski definition) is 0. The molecule has 0 aliphatic carbocycles. The normalized spacial score (nSPS) is 9.93. The van der Waals surface area contributed by atoms with Crippen molar-refractivity contribution in [2.45, 2.75) is 94.9 Å². The minimum Gasteiger partial charge on any atom is -0.0776 e. The Morgan fingerprint density at radius 1 is 0.593 bits per heavy atom. The van der Waals surface area contributed by atoms with Crippen molar-refractivity contribution in [3.8, 4) is 0 Å². The molecule has 2 aromatic rings. The fourth-order valence-electron chi connectivity index (χ4n) is 2.64. The molecule has 154 valence electrons. The van der Waals surface area contributed by atoms with Gasteiger partial charge < -0.3 is 0 Å². The summed E-state index contributed by atoms with van der Waals surface area (Å²) in [5, 5.41) is 0. The second-order valence-electron chi connectivity index (χ2n) is 7.72. The van der Waals surface area contributed by atoms with Crippen molar-refractivity contribution in [3.05, 3.63) is 70.8 Å². The minimum atomic E-state index is 0. The second kappa shape index (κ2) is 15.5. The van der Waals surface area contributed by atoms with Gasteiger partial charge in [0.25, 0.3) is 0 Å². The number of aryl methyl sites for hydroxylation is 4. The highest BCUT2D eigenvalue weighted by Crippen LogP contribution is 2.21. The van der Waals surface area contributed by atoms with Gasteiger partial charge in [0.15, 0.2) is 0 Å². The second-order valence-corrected chi connectivity index (χ2v) is 7.72. The third kappa shape index (κ3) is 13.3. The van der Waals surface area contributed by atoms with E-state index >= 15 is 0 Å². The highest BCUT2D eigenvalue weighted by molar-refractivity contribution is 5.24. The molecule has 0 bridgehead atoms. The molecule has 0 radical (unpaired) electrons. The Kier molecular flexibility index (Phi) is 15.9. The van der Waals surface area contributed by atoms with Gasteiger partial charge in [-0.2, -0.15) is 0 Å². The zero-order valence-corrected chi connectivity index (χ0v) is 18.7. The standard InChI is InChI=1S/C22H30.2C2H6.CH4/c1-18-8-10-19(11-9-18)6-5-7-20-12-14-21(15-13-20)16-17-22(2,3)4;2*1-2;/h8-15H,5-7,16-17H2,1-4H3;2*1-2H3;1H4. The first-order valence-corrected chi connectivity index (χ1v) is 10.6. The van der Waals surface area contributed by atoms with Crippen molar-refractivity contribution in [2.24, 2.45) is 5.41 Å². The van der Waals surface area contributed by atoms with Crippen LogP contribution < -0.4 is 0 Å². The number of benzene rings is 2. The van der Waals surface area contributed by atoms with Crippen molar-refractivity contribution in [1.29, 1.82) is 0 Å². The molecule has 0 aliphatic heterocycles. The Balaban J connectivity index is 0. The summed E-state index contributed by atoms with van der Waals surface area (Å²) in [6.45, 7) is 17.1. The van der Waals surface area contributed by atoms with Crippen LogP contribution in [0.5, 0.6) is 0 Å². The van der Waals surface area contributed by atoms with Crippen LogP contribution in [0.1, 0.15) is 91.0 Å². The largest absolute Gasteiger partial charge is 0.0776 e. The van der Waals surface area contributed by atoms with E-state index in [1.807, 2.05) is 27.7 Å². The van der Waals surface area contributed by atoms with E-state index in [0.29, 0.717) is 5.41 Å². The van der Waals surface area contributed by atoms with Crippen LogP contribution in [-0.2, 0) is 19.3 Å². The van der Waals surface area contributed by atoms with Crippen LogP contribution in [0, 0.1) is 12.3 Å². The summed E-state index contributed by atoms with van der Waals surface area (Å²) in [6, 6.07) is 18.2. The maximum absolute atomic E-state index is 2.31. The van der Waals surface area contributed by atoms with Crippen molar-refractivity contribution < 1.29 is 0 Å². The number of hydrogen-bond acceptors (Lipinski definition) is 0. The third-order valence-corrected chi connectivity index (χ3v) is 4.24. The van der Waals surface area contributed by atoms with E-state index in [1.54, 1.807) is 0 Å². The van der Waals surface area contributed by atoms with Gasteiger partial charge in [-0.15, -0.1) is 0 Å². The molecule has 0 fully saturated rings. The summed E-state index contributed by atoms with van der Waals surface area (Å²) < 4.78 is 0. The monoisotopic (exact) mass is 370 g/mol. The summed E-state index contributed by atoms with van der Waals surface area (Å²) in [5.41, 5.74) is 6.15. The quantitative estimate of drug-likeness (QED) is 0.476. The lowest BCUT2D eigenvalue weighted by atomic mass is 9.88. The van der Waals surface area contributed by atoms with E-state index < -0.39 is 0 Å². The molecule has 0 aliphatic rings. The van der Waals surface area contributed by atoms with E-state index in [0.717, 1.165) is 0 Å². The fraction of sp³-hybridized carbons (Fsp3) is 0.556. The van der Waals surface area contributed by atoms with Gasteiger partial charge in [0.2, 0.25) is 0 Å². The lowest BCUT2D eigenvalue weighted by Gasteiger charge is -2.17. The summed E-state index contributed by atoms with van der Waals surface area (Å²) in [6.07, 6.45) is 6.01.